The molecular formula is C23H34N2O3. The van der Waals surface area contributed by atoms with Crippen LogP contribution in [-0.4, -0.2) is 73.9 Å². The second-order valence-electron chi connectivity index (χ2n) is 9.26. The SMILES string of the molecule is CCc1ccccc1C(=O)N1CCC2(CC1)CO[C@@H](CN1CC(C)(OC)C1)C2. The van der Waals surface area contributed by atoms with E-state index in [0.717, 1.165) is 76.1 Å². The number of hydrogen-bond donors (Lipinski definition) is 0. The van der Waals surface area contributed by atoms with Crippen LogP contribution in [0.3, 0.4) is 0 Å². The average molecular weight is 387 g/mol. The monoisotopic (exact) mass is 386 g/mol. The minimum atomic E-state index is 0.0246. The molecule has 1 aromatic carbocycles. The topological polar surface area (TPSA) is 42.0 Å². The zero-order valence-corrected chi connectivity index (χ0v) is 17.6. The summed E-state index contributed by atoms with van der Waals surface area (Å²) in [7, 11) is 1.80. The summed E-state index contributed by atoms with van der Waals surface area (Å²) in [6.45, 7) is 9.82. The molecule has 0 N–H and O–H groups in total. The van der Waals surface area contributed by atoms with Gasteiger partial charge in [0.2, 0.25) is 0 Å². The molecule has 1 aromatic rings. The normalized spacial score (nSPS) is 26.4. The lowest BCUT2D eigenvalue weighted by Crippen LogP contribution is -2.62. The predicted molar refractivity (Wildman–Crippen MR) is 110 cm³/mol. The lowest BCUT2D eigenvalue weighted by atomic mass is 9.76. The molecule has 3 aliphatic heterocycles. The summed E-state index contributed by atoms with van der Waals surface area (Å²) in [6, 6.07) is 8.03. The first kappa shape index (κ1) is 19.9. The zero-order chi connectivity index (χ0) is 19.8. The molecule has 0 aromatic heterocycles. The zero-order valence-electron chi connectivity index (χ0n) is 17.6. The summed E-state index contributed by atoms with van der Waals surface area (Å²) < 4.78 is 11.7. The van der Waals surface area contributed by atoms with Gasteiger partial charge in [0.05, 0.1) is 18.3 Å². The number of carbonyl (C=O) groups is 1. The van der Waals surface area contributed by atoms with Crippen molar-refractivity contribution in [1.29, 1.82) is 0 Å². The fourth-order valence-electron chi connectivity index (χ4n) is 5.20. The number of piperidine rings is 1. The number of likely N-dealkylation sites (tertiary alicyclic amines) is 2. The lowest BCUT2D eigenvalue weighted by molar-refractivity contribution is -0.120. The molecule has 0 saturated carbocycles. The van der Waals surface area contributed by atoms with Crippen LogP contribution in [0, 0.1) is 5.41 Å². The van der Waals surface area contributed by atoms with Crippen LogP contribution < -0.4 is 0 Å². The molecule has 3 saturated heterocycles. The van der Waals surface area contributed by atoms with Gasteiger partial charge in [0.1, 0.15) is 0 Å². The molecule has 154 valence electrons. The van der Waals surface area contributed by atoms with Crippen molar-refractivity contribution < 1.29 is 14.3 Å². The van der Waals surface area contributed by atoms with Gasteiger partial charge in [-0.25, -0.2) is 0 Å². The minimum Gasteiger partial charge on any atom is -0.376 e. The minimum absolute atomic E-state index is 0.0246. The summed E-state index contributed by atoms with van der Waals surface area (Å²) in [5, 5.41) is 0. The Hall–Kier alpha value is -1.43. The molecule has 0 aliphatic carbocycles. The van der Waals surface area contributed by atoms with Gasteiger partial charge in [-0.1, -0.05) is 25.1 Å². The van der Waals surface area contributed by atoms with Crippen molar-refractivity contribution in [1.82, 2.24) is 9.80 Å². The second kappa shape index (κ2) is 7.77. The third-order valence-corrected chi connectivity index (χ3v) is 7.10. The van der Waals surface area contributed by atoms with E-state index in [-0.39, 0.29) is 16.9 Å². The van der Waals surface area contributed by atoms with E-state index in [9.17, 15) is 4.79 Å². The molecule has 5 nitrogen and oxygen atoms in total. The van der Waals surface area contributed by atoms with Gasteiger partial charge in [-0.2, -0.15) is 0 Å². The second-order valence-corrected chi connectivity index (χ2v) is 9.26. The van der Waals surface area contributed by atoms with Crippen LogP contribution in [0.5, 0.6) is 0 Å². The first-order valence-electron chi connectivity index (χ1n) is 10.7. The van der Waals surface area contributed by atoms with Gasteiger partial charge >= 0.3 is 0 Å². The number of rotatable bonds is 5. The van der Waals surface area contributed by atoms with E-state index in [4.69, 9.17) is 9.47 Å². The molecule has 3 fully saturated rings. The van der Waals surface area contributed by atoms with Crippen LogP contribution in [-0.2, 0) is 15.9 Å². The fraction of sp³-hybridized carbons (Fsp3) is 0.696. The van der Waals surface area contributed by atoms with Crippen molar-refractivity contribution in [2.24, 2.45) is 5.41 Å². The maximum absolute atomic E-state index is 13.0. The van der Waals surface area contributed by atoms with Crippen molar-refractivity contribution in [3.8, 4) is 0 Å². The molecule has 1 atom stereocenters. The maximum Gasteiger partial charge on any atom is 0.254 e. The molecule has 4 rings (SSSR count). The summed E-state index contributed by atoms with van der Waals surface area (Å²) >= 11 is 0. The summed E-state index contributed by atoms with van der Waals surface area (Å²) in [4.78, 5) is 17.5. The third kappa shape index (κ3) is 3.85. The number of amides is 1. The number of hydrogen-bond acceptors (Lipinski definition) is 4. The highest BCUT2D eigenvalue weighted by Gasteiger charge is 2.46. The molecular weight excluding hydrogens is 352 g/mol. The van der Waals surface area contributed by atoms with E-state index in [1.54, 1.807) is 7.11 Å². The van der Waals surface area contributed by atoms with Crippen molar-refractivity contribution in [3.05, 3.63) is 35.4 Å². The molecule has 0 unspecified atom stereocenters. The molecule has 3 aliphatic rings. The van der Waals surface area contributed by atoms with E-state index in [1.807, 2.05) is 23.1 Å². The van der Waals surface area contributed by atoms with Crippen LogP contribution in [0.2, 0.25) is 0 Å². The highest BCUT2D eigenvalue weighted by Crippen LogP contribution is 2.43. The smallest absolute Gasteiger partial charge is 0.254 e. The highest BCUT2D eigenvalue weighted by atomic mass is 16.5. The summed E-state index contributed by atoms with van der Waals surface area (Å²) in [5.74, 6) is 0.196. The van der Waals surface area contributed by atoms with Crippen molar-refractivity contribution in [2.75, 3.05) is 46.4 Å². The van der Waals surface area contributed by atoms with Crippen molar-refractivity contribution >= 4 is 5.91 Å². The van der Waals surface area contributed by atoms with E-state index < -0.39 is 0 Å². The molecule has 5 heteroatoms. The van der Waals surface area contributed by atoms with Crippen LogP contribution >= 0.6 is 0 Å². The third-order valence-electron chi connectivity index (χ3n) is 7.10. The van der Waals surface area contributed by atoms with Crippen LogP contribution in [0.4, 0.5) is 0 Å². The van der Waals surface area contributed by atoms with Gasteiger partial charge in [-0.05, 0) is 49.7 Å². The first-order chi connectivity index (χ1) is 13.5. The molecule has 3 heterocycles. The van der Waals surface area contributed by atoms with Crippen LogP contribution in [0.1, 0.15) is 49.0 Å². The van der Waals surface area contributed by atoms with Gasteiger partial charge in [-0.15, -0.1) is 0 Å². The van der Waals surface area contributed by atoms with Gasteiger partial charge < -0.3 is 14.4 Å². The number of methoxy groups -OCH3 is 1. The molecule has 1 amide bonds. The van der Waals surface area contributed by atoms with Gasteiger partial charge in [0.15, 0.2) is 0 Å². The highest BCUT2D eigenvalue weighted by molar-refractivity contribution is 5.95. The number of ether oxygens (including phenoxy) is 2. The number of nitrogens with zero attached hydrogens (tertiary/aromatic N) is 2. The Morgan fingerprint density at radius 3 is 2.64 bits per heavy atom. The number of carbonyl (C=O) groups excluding carboxylic acids is 1. The Labute approximate surface area is 169 Å². The number of aryl methyl sites for hydroxylation is 1. The molecule has 1 spiro atoms. The van der Waals surface area contributed by atoms with Crippen LogP contribution in [0.15, 0.2) is 24.3 Å². The van der Waals surface area contributed by atoms with Crippen LogP contribution in [0.25, 0.3) is 0 Å². The Bertz CT molecular complexity index is 706. The fourth-order valence-corrected chi connectivity index (χ4v) is 5.20. The molecule has 0 bridgehead atoms. The van der Waals surface area contributed by atoms with Crippen molar-refractivity contribution in [3.63, 3.8) is 0 Å². The van der Waals surface area contributed by atoms with Gasteiger partial charge in [-0.3, -0.25) is 9.69 Å². The Kier molecular flexibility index (Phi) is 5.51. The first-order valence-corrected chi connectivity index (χ1v) is 10.7. The molecule has 28 heavy (non-hydrogen) atoms. The van der Waals surface area contributed by atoms with Gasteiger partial charge in [0.25, 0.3) is 5.91 Å². The van der Waals surface area contributed by atoms with E-state index in [2.05, 4.69) is 24.8 Å². The lowest BCUT2D eigenvalue weighted by Gasteiger charge is -2.47. The average Bonchev–Trinajstić information content (AvgIpc) is 3.08. The summed E-state index contributed by atoms with van der Waals surface area (Å²) in [6.07, 6.45) is 4.46. The Balaban J connectivity index is 1.29. The van der Waals surface area contributed by atoms with E-state index >= 15 is 0 Å². The van der Waals surface area contributed by atoms with E-state index in [0.29, 0.717) is 6.10 Å². The van der Waals surface area contributed by atoms with E-state index in [1.165, 1.54) is 0 Å². The van der Waals surface area contributed by atoms with Crippen molar-refractivity contribution in [2.45, 2.75) is 51.2 Å². The predicted octanol–water partition coefficient (Wildman–Crippen LogP) is 2.98. The largest absolute Gasteiger partial charge is 0.376 e. The maximum atomic E-state index is 13.0. The molecule has 0 radical (unpaired) electrons. The Morgan fingerprint density at radius 2 is 1.96 bits per heavy atom. The standard InChI is InChI=1S/C23H34N2O3/c1-4-18-7-5-6-8-20(18)21(26)25-11-9-23(10-12-25)13-19(28-17-23)14-24-15-22(2,16-24)27-3/h5-8,19H,4,9-17H2,1-3H3/t19-/m1/s1. The Morgan fingerprint density at radius 1 is 1.25 bits per heavy atom. The number of benzene rings is 1. The summed E-state index contributed by atoms with van der Waals surface area (Å²) in [5.41, 5.74) is 2.31. The van der Waals surface area contributed by atoms with Gasteiger partial charge in [0, 0.05) is 45.4 Å². The quantitative estimate of drug-likeness (QED) is 0.780.